The van der Waals surface area contributed by atoms with Crippen LogP contribution >= 0.6 is 27.5 Å². The van der Waals surface area contributed by atoms with Crippen LogP contribution in [0.2, 0.25) is 5.02 Å². The third-order valence-corrected chi connectivity index (χ3v) is 3.71. The van der Waals surface area contributed by atoms with Crippen LogP contribution < -0.4 is 14.8 Å². The highest BCUT2D eigenvalue weighted by atomic mass is 79.9. The smallest absolute Gasteiger partial charge is 0.259 e. The number of anilines is 1. The summed E-state index contributed by atoms with van der Waals surface area (Å²) < 4.78 is 11.0. The summed E-state index contributed by atoms with van der Waals surface area (Å²) in [7, 11) is 2.95. The van der Waals surface area contributed by atoms with E-state index in [0.717, 1.165) is 0 Å². The van der Waals surface area contributed by atoms with Gasteiger partial charge in [0.25, 0.3) is 5.91 Å². The molecule has 5 nitrogen and oxygen atoms in total. The molecule has 7 heteroatoms. The number of benzene rings is 2. The highest BCUT2D eigenvalue weighted by Gasteiger charge is 2.16. The number of amides is 1. The lowest BCUT2D eigenvalue weighted by atomic mass is 10.2. The Morgan fingerprint density at radius 2 is 1.86 bits per heavy atom. The third-order valence-electron chi connectivity index (χ3n) is 2.93. The molecule has 0 bridgehead atoms. The first-order valence-corrected chi connectivity index (χ1v) is 7.34. The molecule has 0 atom stereocenters. The van der Waals surface area contributed by atoms with Gasteiger partial charge < -0.3 is 19.9 Å². The molecule has 1 amide bonds. The minimum atomic E-state index is -0.488. The molecule has 0 saturated carbocycles. The SMILES string of the molecule is COc1cc(OC)c(NC(=O)c2cc(Br)ccc2O)cc1Cl. The molecule has 22 heavy (non-hydrogen) atoms. The van der Waals surface area contributed by atoms with Crippen molar-refractivity contribution in [3.63, 3.8) is 0 Å². The van der Waals surface area contributed by atoms with Crippen LogP contribution in [0.15, 0.2) is 34.8 Å². The lowest BCUT2D eigenvalue weighted by Crippen LogP contribution is -2.13. The van der Waals surface area contributed by atoms with Crippen LogP contribution in [0.25, 0.3) is 0 Å². The van der Waals surface area contributed by atoms with E-state index in [9.17, 15) is 9.90 Å². The Bertz CT molecular complexity index is 721. The van der Waals surface area contributed by atoms with Crippen molar-refractivity contribution < 1.29 is 19.4 Å². The molecule has 0 aromatic heterocycles. The van der Waals surface area contributed by atoms with Crippen molar-refractivity contribution in [2.45, 2.75) is 0 Å². The molecule has 2 rings (SSSR count). The number of methoxy groups -OCH3 is 2. The van der Waals surface area contributed by atoms with Gasteiger partial charge in [0.05, 0.1) is 30.5 Å². The van der Waals surface area contributed by atoms with E-state index < -0.39 is 5.91 Å². The average Bonchev–Trinajstić information content (AvgIpc) is 2.50. The monoisotopic (exact) mass is 385 g/mol. The number of hydrogen-bond acceptors (Lipinski definition) is 4. The van der Waals surface area contributed by atoms with Crippen LogP contribution in [0.1, 0.15) is 10.4 Å². The van der Waals surface area contributed by atoms with Gasteiger partial charge >= 0.3 is 0 Å². The number of ether oxygens (including phenoxy) is 2. The van der Waals surface area contributed by atoms with Crippen molar-refractivity contribution in [2.75, 3.05) is 19.5 Å². The first-order chi connectivity index (χ1) is 10.5. The summed E-state index contributed by atoms with van der Waals surface area (Å²) in [5, 5.41) is 12.8. The van der Waals surface area contributed by atoms with Gasteiger partial charge in [0, 0.05) is 10.5 Å². The summed E-state index contributed by atoms with van der Waals surface area (Å²) in [6, 6.07) is 7.67. The number of nitrogens with one attached hydrogen (secondary N) is 1. The third kappa shape index (κ3) is 3.45. The normalized spacial score (nSPS) is 10.2. The fourth-order valence-electron chi connectivity index (χ4n) is 1.84. The van der Waals surface area contributed by atoms with E-state index in [1.165, 1.54) is 32.4 Å². The Morgan fingerprint density at radius 1 is 1.18 bits per heavy atom. The number of carbonyl (C=O) groups is 1. The number of hydrogen-bond donors (Lipinski definition) is 2. The van der Waals surface area contributed by atoms with E-state index in [1.54, 1.807) is 12.1 Å². The van der Waals surface area contributed by atoms with Gasteiger partial charge in [0.1, 0.15) is 17.2 Å². The molecule has 0 aliphatic carbocycles. The molecule has 0 spiro atoms. The number of phenolic OH excluding ortho intramolecular Hbond substituents is 1. The number of aromatic hydroxyl groups is 1. The average molecular weight is 387 g/mol. The number of rotatable bonds is 4. The Hall–Kier alpha value is -1.92. The van der Waals surface area contributed by atoms with Gasteiger partial charge in [-0.1, -0.05) is 27.5 Å². The van der Waals surface area contributed by atoms with E-state index in [2.05, 4.69) is 21.2 Å². The minimum absolute atomic E-state index is 0.126. The predicted molar refractivity (Wildman–Crippen MR) is 88.3 cm³/mol. The van der Waals surface area contributed by atoms with Crippen molar-refractivity contribution >= 4 is 39.1 Å². The van der Waals surface area contributed by atoms with E-state index in [-0.39, 0.29) is 11.3 Å². The molecule has 2 aromatic carbocycles. The van der Waals surface area contributed by atoms with Crippen LogP contribution in [0, 0.1) is 0 Å². The lowest BCUT2D eigenvalue weighted by Gasteiger charge is -2.13. The van der Waals surface area contributed by atoms with Crippen molar-refractivity contribution in [3.05, 3.63) is 45.4 Å². The van der Waals surface area contributed by atoms with Crippen LogP contribution in [0.4, 0.5) is 5.69 Å². The molecule has 0 aliphatic heterocycles. The maximum atomic E-state index is 12.3. The highest BCUT2D eigenvalue weighted by molar-refractivity contribution is 9.10. The maximum absolute atomic E-state index is 12.3. The summed E-state index contributed by atoms with van der Waals surface area (Å²) in [6.45, 7) is 0. The van der Waals surface area contributed by atoms with Crippen LogP contribution in [0.3, 0.4) is 0 Å². The summed E-state index contributed by atoms with van der Waals surface area (Å²) in [6.07, 6.45) is 0. The topological polar surface area (TPSA) is 67.8 Å². The first kappa shape index (κ1) is 16.5. The molecular weight excluding hydrogens is 374 g/mol. The molecule has 116 valence electrons. The molecular formula is C15H13BrClNO4. The molecule has 0 heterocycles. The number of halogens is 2. The molecule has 0 saturated heterocycles. The van der Waals surface area contributed by atoms with E-state index >= 15 is 0 Å². The van der Waals surface area contributed by atoms with Crippen LogP contribution in [0.5, 0.6) is 17.2 Å². The molecule has 0 unspecified atom stereocenters. The van der Waals surface area contributed by atoms with Gasteiger partial charge in [-0.3, -0.25) is 4.79 Å². The maximum Gasteiger partial charge on any atom is 0.259 e. The van der Waals surface area contributed by atoms with E-state index in [4.69, 9.17) is 21.1 Å². The number of carbonyl (C=O) groups excluding carboxylic acids is 1. The van der Waals surface area contributed by atoms with Crippen molar-refractivity contribution in [1.82, 2.24) is 0 Å². The summed E-state index contributed by atoms with van der Waals surface area (Å²) in [5.41, 5.74) is 0.501. The quantitative estimate of drug-likeness (QED) is 0.831. The summed E-state index contributed by atoms with van der Waals surface area (Å²) in [5.74, 6) is 0.212. The highest BCUT2D eigenvalue weighted by Crippen LogP contribution is 2.36. The fraction of sp³-hybridized carbons (Fsp3) is 0.133. The van der Waals surface area contributed by atoms with Crippen LogP contribution in [-0.2, 0) is 0 Å². The Kier molecular flexibility index (Phi) is 5.15. The van der Waals surface area contributed by atoms with Crippen molar-refractivity contribution in [2.24, 2.45) is 0 Å². The van der Waals surface area contributed by atoms with Gasteiger partial charge in [-0.2, -0.15) is 0 Å². The van der Waals surface area contributed by atoms with Crippen molar-refractivity contribution in [1.29, 1.82) is 0 Å². The molecule has 0 fully saturated rings. The summed E-state index contributed by atoms with van der Waals surface area (Å²) >= 11 is 9.31. The Morgan fingerprint density at radius 3 is 2.50 bits per heavy atom. The molecule has 2 N–H and O–H groups in total. The summed E-state index contributed by atoms with van der Waals surface area (Å²) in [4.78, 5) is 12.3. The second-order valence-corrected chi connectivity index (χ2v) is 5.63. The van der Waals surface area contributed by atoms with Gasteiger partial charge in [0.15, 0.2) is 0 Å². The van der Waals surface area contributed by atoms with Gasteiger partial charge in [-0.25, -0.2) is 0 Å². The molecule has 2 aromatic rings. The molecule has 0 aliphatic rings. The zero-order chi connectivity index (χ0) is 16.3. The zero-order valence-corrected chi connectivity index (χ0v) is 14.2. The van der Waals surface area contributed by atoms with E-state index in [0.29, 0.717) is 26.7 Å². The van der Waals surface area contributed by atoms with Crippen LogP contribution in [-0.4, -0.2) is 25.2 Å². The molecule has 0 radical (unpaired) electrons. The second kappa shape index (κ2) is 6.89. The number of phenols is 1. The van der Waals surface area contributed by atoms with Crippen molar-refractivity contribution in [3.8, 4) is 17.2 Å². The van der Waals surface area contributed by atoms with Gasteiger partial charge in [0.2, 0.25) is 0 Å². The second-order valence-electron chi connectivity index (χ2n) is 4.30. The Balaban J connectivity index is 2.36. The van der Waals surface area contributed by atoms with Gasteiger partial charge in [-0.05, 0) is 24.3 Å². The minimum Gasteiger partial charge on any atom is -0.507 e. The fourth-order valence-corrected chi connectivity index (χ4v) is 2.44. The predicted octanol–water partition coefficient (Wildman–Crippen LogP) is 4.08. The van der Waals surface area contributed by atoms with Gasteiger partial charge in [-0.15, -0.1) is 0 Å². The zero-order valence-electron chi connectivity index (χ0n) is 11.8. The largest absolute Gasteiger partial charge is 0.507 e. The lowest BCUT2D eigenvalue weighted by molar-refractivity contribution is 0.102. The first-order valence-electron chi connectivity index (χ1n) is 6.17. The Labute approximate surface area is 140 Å². The van der Waals surface area contributed by atoms with E-state index in [1.807, 2.05) is 0 Å². The standard InChI is InChI=1S/C15H13BrClNO4/c1-21-13-7-14(22-2)11(6-10(13)17)18-15(20)9-5-8(16)3-4-12(9)19/h3-7,19H,1-2H3,(H,18,20).